The number of nitrogens with two attached hydrogens (primary N) is 1. The zero-order valence-electron chi connectivity index (χ0n) is 17.2. The van der Waals surface area contributed by atoms with Crippen LogP contribution in [0.4, 0.5) is 0 Å². The summed E-state index contributed by atoms with van der Waals surface area (Å²) in [5, 5.41) is 5.52. The highest BCUT2D eigenvalue weighted by Gasteiger charge is 2.37. The Hall–Kier alpha value is -1.44. The molecule has 0 saturated carbocycles. The first-order valence-corrected chi connectivity index (χ1v) is 9.92. The highest BCUT2D eigenvalue weighted by molar-refractivity contribution is 7.97. The van der Waals surface area contributed by atoms with E-state index in [-0.39, 0.29) is 11.4 Å². The minimum Gasteiger partial charge on any atom is -0.460 e. The molecule has 0 aliphatic rings. The molecule has 0 spiro atoms. The van der Waals surface area contributed by atoms with Crippen molar-refractivity contribution in [3.63, 3.8) is 0 Å². The quantitative estimate of drug-likeness (QED) is 0.401. The van der Waals surface area contributed by atoms with E-state index in [0.29, 0.717) is 0 Å². The number of hydrogen-bond donors (Lipinski definition) is 1. The summed E-state index contributed by atoms with van der Waals surface area (Å²) in [7, 11) is 0. The van der Waals surface area contributed by atoms with Crippen LogP contribution in [-0.4, -0.2) is 11.6 Å². The fourth-order valence-electron chi connectivity index (χ4n) is 2.96. The molecule has 0 bridgehead atoms. The van der Waals surface area contributed by atoms with Crippen LogP contribution in [0.3, 0.4) is 0 Å². The molecule has 1 aromatic carbocycles. The summed E-state index contributed by atoms with van der Waals surface area (Å²) in [5.74, 6) is 6.30. The summed E-state index contributed by atoms with van der Waals surface area (Å²) in [6, 6.07) is 7.92. The molecule has 0 unspecified atom stereocenters. The van der Waals surface area contributed by atoms with Gasteiger partial charge in [-0.25, -0.2) is 0 Å². The number of esters is 1. The standard InChI is InChI=1S/C22H33NO2S/c1-20(2,3)25-19(24)22(6,7)16-21(4,5)15-9-8-10-17-11-13-18(26-23)14-12-17/h11-14H,9,15-16,23H2,1-7H3. The molecule has 0 saturated heterocycles. The number of benzene rings is 1. The Kier molecular flexibility index (Phi) is 7.80. The molecule has 0 aromatic heterocycles. The lowest BCUT2D eigenvalue weighted by atomic mass is 9.73. The molecule has 0 radical (unpaired) electrons. The summed E-state index contributed by atoms with van der Waals surface area (Å²) < 4.78 is 5.57. The summed E-state index contributed by atoms with van der Waals surface area (Å²) in [6.07, 6.45) is 2.49. The van der Waals surface area contributed by atoms with Gasteiger partial charge in [0.2, 0.25) is 0 Å². The number of ether oxygens (including phenoxy) is 1. The number of carbonyl (C=O) groups excluding carboxylic acids is 1. The topological polar surface area (TPSA) is 52.3 Å². The van der Waals surface area contributed by atoms with Crippen molar-refractivity contribution in [1.29, 1.82) is 0 Å². The lowest BCUT2D eigenvalue weighted by Crippen LogP contribution is -2.36. The van der Waals surface area contributed by atoms with Crippen molar-refractivity contribution < 1.29 is 9.53 Å². The number of hydrogen-bond acceptors (Lipinski definition) is 4. The summed E-state index contributed by atoms with van der Waals surface area (Å²) in [4.78, 5) is 13.5. The Morgan fingerprint density at radius 2 is 1.65 bits per heavy atom. The van der Waals surface area contributed by atoms with E-state index in [2.05, 4.69) is 25.7 Å². The highest BCUT2D eigenvalue weighted by atomic mass is 32.2. The first-order valence-electron chi connectivity index (χ1n) is 9.04. The third kappa shape index (κ3) is 8.29. The van der Waals surface area contributed by atoms with Crippen LogP contribution in [0, 0.1) is 22.7 Å². The summed E-state index contributed by atoms with van der Waals surface area (Å²) in [5.41, 5.74) is 0.0338. The van der Waals surface area contributed by atoms with E-state index in [1.54, 1.807) is 0 Å². The second kappa shape index (κ2) is 8.97. The molecule has 0 fully saturated rings. The molecule has 0 atom stereocenters. The van der Waals surface area contributed by atoms with Crippen LogP contribution >= 0.6 is 11.9 Å². The van der Waals surface area contributed by atoms with Gasteiger partial charge >= 0.3 is 5.97 Å². The van der Waals surface area contributed by atoms with E-state index in [1.165, 1.54) is 11.9 Å². The third-order valence-corrected chi connectivity index (χ3v) is 4.57. The number of rotatable bonds is 6. The first kappa shape index (κ1) is 22.6. The molecule has 1 aromatic rings. The Morgan fingerprint density at radius 1 is 1.08 bits per heavy atom. The second-order valence-corrected chi connectivity index (χ2v) is 9.88. The summed E-state index contributed by atoms with van der Waals surface area (Å²) in [6.45, 7) is 14.0. The minimum absolute atomic E-state index is 0.00906. The van der Waals surface area contributed by atoms with E-state index in [9.17, 15) is 4.79 Å². The Bertz CT molecular complexity index is 658. The third-order valence-electron chi connectivity index (χ3n) is 4.02. The molecule has 0 aliphatic carbocycles. The Labute approximate surface area is 163 Å². The molecule has 2 N–H and O–H groups in total. The molecule has 1 rings (SSSR count). The predicted octanol–water partition coefficient (Wildman–Crippen LogP) is 5.57. The van der Waals surface area contributed by atoms with Crippen molar-refractivity contribution >= 4 is 17.9 Å². The summed E-state index contributed by atoms with van der Waals surface area (Å²) >= 11 is 1.23. The van der Waals surface area contributed by atoms with Crippen molar-refractivity contribution in [2.75, 3.05) is 0 Å². The van der Waals surface area contributed by atoms with Gasteiger partial charge in [0, 0.05) is 16.9 Å². The van der Waals surface area contributed by atoms with Crippen molar-refractivity contribution in [3.8, 4) is 11.8 Å². The maximum Gasteiger partial charge on any atom is 0.312 e. The zero-order chi connectivity index (χ0) is 20.0. The lowest BCUT2D eigenvalue weighted by molar-refractivity contribution is -0.167. The smallest absolute Gasteiger partial charge is 0.312 e. The zero-order valence-corrected chi connectivity index (χ0v) is 18.0. The van der Waals surface area contributed by atoms with Gasteiger partial charge in [0.25, 0.3) is 0 Å². The van der Waals surface area contributed by atoms with Gasteiger partial charge in [0.05, 0.1) is 5.41 Å². The van der Waals surface area contributed by atoms with E-state index in [0.717, 1.165) is 29.7 Å². The van der Waals surface area contributed by atoms with E-state index in [4.69, 9.17) is 9.88 Å². The van der Waals surface area contributed by atoms with Gasteiger partial charge < -0.3 is 4.74 Å². The fraction of sp³-hybridized carbons (Fsp3) is 0.591. The number of carbonyl (C=O) groups is 1. The predicted molar refractivity (Wildman–Crippen MR) is 111 cm³/mol. The van der Waals surface area contributed by atoms with Crippen LogP contribution in [-0.2, 0) is 9.53 Å². The van der Waals surface area contributed by atoms with Gasteiger partial charge in [-0.05, 0) is 89.1 Å². The van der Waals surface area contributed by atoms with Gasteiger partial charge in [0.15, 0.2) is 0 Å². The van der Waals surface area contributed by atoms with Crippen LogP contribution in [0.1, 0.15) is 73.3 Å². The maximum atomic E-state index is 12.5. The molecule has 0 aliphatic heterocycles. The average molecular weight is 376 g/mol. The van der Waals surface area contributed by atoms with E-state index in [1.807, 2.05) is 58.9 Å². The Morgan fingerprint density at radius 3 is 2.15 bits per heavy atom. The van der Waals surface area contributed by atoms with Crippen molar-refractivity contribution in [3.05, 3.63) is 29.8 Å². The monoisotopic (exact) mass is 375 g/mol. The normalized spacial score (nSPS) is 12.3. The van der Waals surface area contributed by atoms with E-state index < -0.39 is 11.0 Å². The van der Waals surface area contributed by atoms with Gasteiger partial charge in [-0.2, -0.15) is 0 Å². The molecule has 0 amide bonds. The molecule has 3 nitrogen and oxygen atoms in total. The molecular weight excluding hydrogens is 342 g/mol. The molecule has 4 heteroatoms. The van der Waals surface area contributed by atoms with Crippen LogP contribution in [0.25, 0.3) is 0 Å². The fourth-order valence-corrected chi connectivity index (χ4v) is 3.25. The second-order valence-electron chi connectivity index (χ2n) is 9.17. The molecule has 144 valence electrons. The Balaban J connectivity index is 2.60. The molecular formula is C22H33NO2S. The van der Waals surface area contributed by atoms with Crippen LogP contribution in [0.5, 0.6) is 0 Å². The molecule has 0 heterocycles. The van der Waals surface area contributed by atoms with Gasteiger partial charge in [-0.3, -0.25) is 9.93 Å². The van der Waals surface area contributed by atoms with Crippen LogP contribution < -0.4 is 5.14 Å². The SMILES string of the molecule is CC(C)(CCC#Cc1ccc(SN)cc1)CC(C)(C)C(=O)OC(C)(C)C. The van der Waals surface area contributed by atoms with Gasteiger partial charge in [-0.1, -0.05) is 25.7 Å². The van der Waals surface area contributed by atoms with Gasteiger partial charge in [-0.15, -0.1) is 0 Å². The average Bonchev–Trinajstić information content (AvgIpc) is 2.49. The molecule has 26 heavy (non-hydrogen) atoms. The maximum absolute atomic E-state index is 12.5. The van der Waals surface area contributed by atoms with Gasteiger partial charge in [0.1, 0.15) is 5.60 Å². The van der Waals surface area contributed by atoms with Crippen molar-refractivity contribution in [2.24, 2.45) is 16.0 Å². The minimum atomic E-state index is -0.514. The van der Waals surface area contributed by atoms with Crippen LogP contribution in [0.2, 0.25) is 0 Å². The van der Waals surface area contributed by atoms with E-state index >= 15 is 0 Å². The first-order chi connectivity index (χ1) is 11.8. The largest absolute Gasteiger partial charge is 0.460 e. The van der Waals surface area contributed by atoms with Crippen LogP contribution in [0.15, 0.2) is 29.2 Å². The van der Waals surface area contributed by atoms with Crippen molar-refractivity contribution in [2.45, 2.75) is 78.2 Å². The highest BCUT2D eigenvalue weighted by Crippen LogP contribution is 2.38. The van der Waals surface area contributed by atoms with Crippen molar-refractivity contribution in [1.82, 2.24) is 0 Å². The lowest BCUT2D eigenvalue weighted by Gasteiger charge is -2.35.